The standard InChI is InChI=1S/C14H16BFO2/c1-6-10-9-11(7-8-12(10)16)15-17-13(2,3)14(4,5)18-15/h1,7-9H,2-5H3. The van der Waals surface area contributed by atoms with Gasteiger partial charge in [0.15, 0.2) is 0 Å². The molecule has 1 heterocycles. The molecule has 4 heteroatoms. The Hall–Kier alpha value is -1.31. The first-order valence-electron chi connectivity index (χ1n) is 5.88. The molecular weight excluding hydrogens is 230 g/mol. The van der Waals surface area contributed by atoms with Crippen molar-refractivity contribution in [3.05, 3.63) is 29.6 Å². The van der Waals surface area contributed by atoms with Crippen molar-refractivity contribution in [2.75, 3.05) is 0 Å². The molecule has 2 nitrogen and oxygen atoms in total. The van der Waals surface area contributed by atoms with Crippen molar-refractivity contribution in [1.82, 2.24) is 0 Å². The lowest BCUT2D eigenvalue weighted by Crippen LogP contribution is -2.41. The molecule has 0 N–H and O–H groups in total. The molecule has 0 amide bonds. The third-order valence-corrected chi connectivity index (χ3v) is 3.67. The van der Waals surface area contributed by atoms with Crippen LogP contribution in [0.15, 0.2) is 18.2 Å². The van der Waals surface area contributed by atoms with Crippen LogP contribution in [0.2, 0.25) is 0 Å². The van der Waals surface area contributed by atoms with Crippen molar-refractivity contribution >= 4 is 12.6 Å². The fourth-order valence-electron chi connectivity index (χ4n) is 1.78. The topological polar surface area (TPSA) is 18.5 Å². The van der Waals surface area contributed by atoms with E-state index in [1.807, 2.05) is 27.7 Å². The molecule has 1 fully saturated rings. The average molecular weight is 246 g/mol. The molecule has 0 radical (unpaired) electrons. The quantitative estimate of drug-likeness (QED) is 0.558. The highest BCUT2D eigenvalue weighted by molar-refractivity contribution is 6.62. The molecule has 0 aliphatic carbocycles. The summed E-state index contributed by atoms with van der Waals surface area (Å²) < 4.78 is 25.1. The van der Waals surface area contributed by atoms with E-state index in [2.05, 4.69) is 5.92 Å². The molecule has 0 spiro atoms. The van der Waals surface area contributed by atoms with Crippen LogP contribution in [0.4, 0.5) is 4.39 Å². The van der Waals surface area contributed by atoms with E-state index in [9.17, 15) is 4.39 Å². The lowest BCUT2D eigenvalue weighted by molar-refractivity contribution is 0.00578. The van der Waals surface area contributed by atoms with E-state index in [1.165, 1.54) is 6.07 Å². The van der Waals surface area contributed by atoms with Crippen LogP contribution in [0.3, 0.4) is 0 Å². The van der Waals surface area contributed by atoms with Gasteiger partial charge in [-0.3, -0.25) is 0 Å². The molecule has 18 heavy (non-hydrogen) atoms. The zero-order valence-corrected chi connectivity index (χ0v) is 11.1. The van der Waals surface area contributed by atoms with Gasteiger partial charge in [-0.1, -0.05) is 12.0 Å². The Bertz CT molecular complexity index is 501. The van der Waals surface area contributed by atoms with Crippen molar-refractivity contribution in [2.45, 2.75) is 38.9 Å². The highest BCUT2D eigenvalue weighted by atomic mass is 19.1. The highest BCUT2D eigenvalue weighted by Crippen LogP contribution is 2.36. The lowest BCUT2D eigenvalue weighted by Gasteiger charge is -2.32. The molecular formula is C14H16BFO2. The third-order valence-electron chi connectivity index (χ3n) is 3.67. The van der Waals surface area contributed by atoms with Crippen LogP contribution in [-0.4, -0.2) is 18.3 Å². The number of hydrogen-bond acceptors (Lipinski definition) is 2. The van der Waals surface area contributed by atoms with Gasteiger partial charge in [-0.05, 0) is 45.3 Å². The van der Waals surface area contributed by atoms with Crippen molar-refractivity contribution in [1.29, 1.82) is 0 Å². The maximum atomic E-state index is 13.3. The first-order chi connectivity index (χ1) is 8.27. The summed E-state index contributed by atoms with van der Waals surface area (Å²) in [6.45, 7) is 7.88. The normalized spacial score (nSPS) is 20.8. The van der Waals surface area contributed by atoms with E-state index in [-0.39, 0.29) is 5.56 Å². The second kappa shape index (κ2) is 4.12. The molecule has 0 unspecified atom stereocenters. The summed E-state index contributed by atoms with van der Waals surface area (Å²) >= 11 is 0. The third kappa shape index (κ3) is 2.05. The van der Waals surface area contributed by atoms with Gasteiger partial charge in [0.1, 0.15) is 5.82 Å². The molecule has 1 aliphatic heterocycles. The van der Waals surface area contributed by atoms with Gasteiger partial charge < -0.3 is 9.31 Å². The van der Waals surface area contributed by atoms with E-state index in [0.29, 0.717) is 0 Å². The van der Waals surface area contributed by atoms with Crippen molar-refractivity contribution in [3.63, 3.8) is 0 Å². The smallest absolute Gasteiger partial charge is 0.399 e. The van der Waals surface area contributed by atoms with E-state index in [4.69, 9.17) is 15.7 Å². The number of halogens is 1. The average Bonchev–Trinajstić information content (AvgIpc) is 2.49. The minimum atomic E-state index is -0.511. The van der Waals surface area contributed by atoms with Crippen LogP contribution >= 0.6 is 0 Å². The Labute approximate surface area is 108 Å². The zero-order valence-electron chi connectivity index (χ0n) is 11.1. The molecule has 0 atom stereocenters. The van der Waals surface area contributed by atoms with E-state index < -0.39 is 24.1 Å². The number of benzene rings is 1. The fourth-order valence-corrected chi connectivity index (χ4v) is 1.78. The summed E-state index contributed by atoms with van der Waals surface area (Å²) in [7, 11) is -0.511. The van der Waals surface area contributed by atoms with E-state index in [1.54, 1.807) is 12.1 Å². The summed E-state index contributed by atoms with van der Waals surface area (Å²) in [5.41, 5.74) is 0.135. The summed E-state index contributed by atoms with van der Waals surface area (Å²) in [5, 5.41) is 0. The molecule has 1 saturated heterocycles. The molecule has 1 aromatic carbocycles. The van der Waals surface area contributed by atoms with Crippen LogP contribution in [0.1, 0.15) is 33.3 Å². The molecule has 1 aliphatic rings. The predicted molar refractivity (Wildman–Crippen MR) is 70.1 cm³/mol. The largest absolute Gasteiger partial charge is 0.494 e. The summed E-state index contributed by atoms with van der Waals surface area (Å²) in [6.07, 6.45) is 5.25. The monoisotopic (exact) mass is 246 g/mol. The SMILES string of the molecule is C#Cc1cc(B2OC(C)(C)C(C)(C)O2)ccc1F. The summed E-state index contributed by atoms with van der Waals surface area (Å²) in [4.78, 5) is 0. The molecule has 1 aromatic rings. The Morgan fingerprint density at radius 3 is 2.22 bits per heavy atom. The zero-order chi connectivity index (χ0) is 13.6. The van der Waals surface area contributed by atoms with Gasteiger partial charge in [-0.25, -0.2) is 4.39 Å². The Balaban J connectivity index is 2.33. The first-order valence-corrected chi connectivity index (χ1v) is 5.88. The van der Waals surface area contributed by atoms with Crippen LogP contribution in [0.25, 0.3) is 0 Å². The van der Waals surface area contributed by atoms with Gasteiger partial charge in [0.05, 0.1) is 16.8 Å². The van der Waals surface area contributed by atoms with Gasteiger partial charge in [-0.2, -0.15) is 0 Å². The van der Waals surface area contributed by atoms with E-state index >= 15 is 0 Å². The van der Waals surface area contributed by atoms with Crippen LogP contribution < -0.4 is 5.46 Å². The second-order valence-corrected chi connectivity index (χ2v) is 5.47. The summed E-state index contributed by atoms with van der Waals surface area (Å²) in [6, 6.07) is 4.57. The van der Waals surface area contributed by atoms with E-state index in [0.717, 1.165) is 5.46 Å². The Kier molecular flexibility index (Phi) is 3.00. The van der Waals surface area contributed by atoms with Gasteiger partial charge in [0.2, 0.25) is 0 Å². The number of terminal acetylenes is 1. The highest BCUT2D eigenvalue weighted by Gasteiger charge is 2.51. The second-order valence-electron chi connectivity index (χ2n) is 5.47. The van der Waals surface area contributed by atoms with Crippen LogP contribution in [0.5, 0.6) is 0 Å². The van der Waals surface area contributed by atoms with Crippen LogP contribution in [-0.2, 0) is 9.31 Å². The molecule has 2 rings (SSSR count). The lowest BCUT2D eigenvalue weighted by atomic mass is 9.78. The first kappa shape index (κ1) is 13.1. The van der Waals surface area contributed by atoms with Gasteiger partial charge >= 0.3 is 7.12 Å². The number of rotatable bonds is 1. The Morgan fingerprint density at radius 2 is 1.72 bits per heavy atom. The van der Waals surface area contributed by atoms with Gasteiger partial charge in [0.25, 0.3) is 0 Å². The maximum absolute atomic E-state index is 13.3. The van der Waals surface area contributed by atoms with Crippen molar-refractivity contribution < 1.29 is 13.7 Å². The molecule has 0 saturated carbocycles. The molecule has 0 bridgehead atoms. The maximum Gasteiger partial charge on any atom is 0.494 e. The predicted octanol–water partition coefficient (Wildman–Crippen LogP) is 2.11. The van der Waals surface area contributed by atoms with Gasteiger partial charge in [0, 0.05) is 0 Å². The van der Waals surface area contributed by atoms with Crippen molar-refractivity contribution in [3.8, 4) is 12.3 Å². The van der Waals surface area contributed by atoms with Crippen LogP contribution in [0, 0.1) is 18.2 Å². The van der Waals surface area contributed by atoms with Crippen molar-refractivity contribution in [2.24, 2.45) is 0 Å². The summed E-state index contributed by atoms with van der Waals surface area (Å²) in [5.74, 6) is 1.91. The Morgan fingerprint density at radius 1 is 1.17 bits per heavy atom. The van der Waals surface area contributed by atoms with Gasteiger partial charge in [-0.15, -0.1) is 6.42 Å². The fraction of sp³-hybridized carbons (Fsp3) is 0.429. The molecule has 0 aromatic heterocycles. The molecule has 94 valence electrons. The minimum absolute atomic E-state index is 0.224. The number of hydrogen-bond donors (Lipinski definition) is 0. The minimum Gasteiger partial charge on any atom is -0.399 e.